The van der Waals surface area contributed by atoms with Crippen LogP contribution in [0.2, 0.25) is 0 Å². The number of aromatic hydroxyl groups is 1. The molecule has 1 N–H and O–H groups in total. The van der Waals surface area contributed by atoms with Gasteiger partial charge >= 0.3 is 0 Å². The number of rotatable bonds is 3. The molecule has 0 saturated carbocycles. The van der Waals surface area contributed by atoms with Crippen LogP contribution in [-0.2, 0) is 7.05 Å². The molecule has 0 saturated heterocycles. The third-order valence-electron chi connectivity index (χ3n) is 3.88. The van der Waals surface area contributed by atoms with Gasteiger partial charge in [0.25, 0.3) is 0 Å². The topological polar surface area (TPSA) is 60.7 Å². The van der Waals surface area contributed by atoms with E-state index in [2.05, 4.69) is 0 Å². The number of fused-ring (bicyclic) bond motifs is 1. The van der Waals surface area contributed by atoms with E-state index in [1.54, 1.807) is 36.1 Å². The Kier molecular flexibility index (Phi) is 3.70. The minimum absolute atomic E-state index is 0.0877. The first kappa shape index (κ1) is 15.0. The van der Waals surface area contributed by atoms with Crippen molar-refractivity contribution in [2.75, 3.05) is 14.2 Å². The molecule has 2 aromatic carbocycles. The van der Waals surface area contributed by atoms with Crippen molar-refractivity contribution in [3.05, 3.63) is 52.8 Å². The summed E-state index contributed by atoms with van der Waals surface area (Å²) in [6, 6.07) is 10.4. The maximum Gasteiger partial charge on any atom is 0.200 e. The van der Waals surface area contributed by atoms with E-state index in [4.69, 9.17) is 9.47 Å². The van der Waals surface area contributed by atoms with Crippen molar-refractivity contribution in [2.24, 2.45) is 7.05 Å². The molecule has 0 fully saturated rings. The van der Waals surface area contributed by atoms with Gasteiger partial charge in [0.2, 0.25) is 5.43 Å². The van der Waals surface area contributed by atoms with Crippen molar-refractivity contribution in [3.63, 3.8) is 0 Å². The summed E-state index contributed by atoms with van der Waals surface area (Å²) in [5.41, 5.74) is 1.68. The lowest BCUT2D eigenvalue weighted by Gasteiger charge is -2.12. The monoisotopic (exact) mass is 311 g/mol. The number of hydrogen-bond donors (Lipinski definition) is 1. The van der Waals surface area contributed by atoms with Crippen LogP contribution in [0.15, 0.2) is 47.4 Å². The molecule has 3 rings (SSSR count). The number of pyridine rings is 1. The van der Waals surface area contributed by atoms with Crippen LogP contribution in [-0.4, -0.2) is 23.9 Å². The van der Waals surface area contributed by atoms with Crippen LogP contribution < -0.4 is 14.9 Å². The van der Waals surface area contributed by atoms with Gasteiger partial charge < -0.3 is 19.1 Å². The Morgan fingerprint density at radius 1 is 1.00 bits per heavy atom. The van der Waals surface area contributed by atoms with Crippen molar-refractivity contribution in [3.8, 4) is 28.4 Å². The van der Waals surface area contributed by atoms with Gasteiger partial charge in [0, 0.05) is 30.9 Å². The summed E-state index contributed by atoms with van der Waals surface area (Å²) in [6.45, 7) is 0. The Morgan fingerprint density at radius 2 is 1.65 bits per heavy atom. The lowest BCUT2D eigenvalue weighted by molar-refractivity contribution is 0.409. The molecule has 1 aromatic heterocycles. The van der Waals surface area contributed by atoms with Crippen molar-refractivity contribution in [2.45, 2.75) is 0 Å². The Morgan fingerprint density at radius 3 is 2.26 bits per heavy atom. The average Bonchev–Trinajstić information content (AvgIpc) is 2.57. The number of benzene rings is 2. The van der Waals surface area contributed by atoms with Crippen molar-refractivity contribution in [1.29, 1.82) is 0 Å². The zero-order valence-electron chi connectivity index (χ0n) is 13.2. The molecular weight excluding hydrogens is 294 g/mol. The van der Waals surface area contributed by atoms with Crippen molar-refractivity contribution >= 4 is 10.9 Å². The molecule has 3 aromatic rings. The van der Waals surface area contributed by atoms with E-state index in [9.17, 15) is 9.90 Å². The number of hydrogen-bond acceptors (Lipinski definition) is 4. The highest BCUT2D eigenvalue weighted by Crippen LogP contribution is 2.30. The van der Waals surface area contributed by atoms with Gasteiger partial charge in [-0.3, -0.25) is 4.79 Å². The van der Waals surface area contributed by atoms with Crippen LogP contribution in [0, 0.1) is 0 Å². The molecule has 0 radical (unpaired) electrons. The minimum Gasteiger partial charge on any atom is -0.507 e. The normalized spacial score (nSPS) is 10.7. The molecule has 0 atom stereocenters. The van der Waals surface area contributed by atoms with E-state index in [-0.39, 0.29) is 16.6 Å². The van der Waals surface area contributed by atoms with Gasteiger partial charge in [-0.15, -0.1) is 0 Å². The predicted molar refractivity (Wildman–Crippen MR) is 89.4 cm³/mol. The highest BCUT2D eigenvalue weighted by atomic mass is 16.5. The first-order valence-corrected chi connectivity index (χ1v) is 7.10. The largest absolute Gasteiger partial charge is 0.507 e. The summed E-state index contributed by atoms with van der Waals surface area (Å²) in [7, 11) is 4.94. The second-order valence-corrected chi connectivity index (χ2v) is 5.25. The summed E-state index contributed by atoms with van der Waals surface area (Å²) < 4.78 is 12.1. The summed E-state index contributed by atoms with van der Waals surface area (Å²) >= 11 is 0. The van der Waals surface area contributed by atoms with Gasteiger partial charge in [-0.1, -0.05) is 12.1 Å². The van der Waals surface area contributed by atoms with Crippen LogP contribution in [0.5, 0.6) is 17.2 Å². The molecule has 5 nitrogen and oxygen atoms in total. The fraction of sp³-hybridized carbons (Fsp3) is 0.167. The van der Waals surface area contributed by atoms with Crippen molar-refractivity contribution in [1.82, 2.24) is 4.57 Å². The van der Waals surface area contributed by atoms with Crippen LogP contribution in [0.25, 0.3) is 22.0 Å². The number of phenols is 1. The second-order valence-electron chi connectivity index (χ2n) is 5.25. The summed E-state index contributed by atoms with van der Waals surface area (Å²) in [6.07, 6.45) is 1.76. The third-order valence-corrected chi connectivity index (χ3v) is 3.88. The first-order valence-electron chi connectivity index (χ1n) is 7.10. The lowest BCUT2D eigenvalue weighted by atomic mass is 10.0. The van der Waals surface area contributed by atoms with E-state index < -0.39 is 0 Å². The molecule has 1 heterocycles. The van der Waals surface area contributed by atoms with Gasteiger partial charge in [-0.05, 0) is 17.7 Å². The molecule has 23 heavy (non-hydrogen) atoms. The fourth-order valence-corrected chi connectivity index (χ4v) is 2.65. The number of aryl methyl sites for hydroxylation is 1. The van der Waals surface area contributed by atoms with Crippen LogP contribution in [0.1, 0.15) is 0 Å². The smallest absolute Gasteiger partial charge is 0.200 e. The molecule has 0 aliphatic carbocycles. The summed E-state index contributed by atoms with van der Waals surface area (Å²) in [4.78, 5) is 12.8. The fourth-order valence-electron chi connectivity index (χ4n) is 2.65. The molecule has 0 amide bonds. The Balaban J connectivity index is 2.29. The minimum atomic E-state index is -0.219. The average molecular weight is 311 g/mol. The highest BCUT2D eigenvalue weighted by Gasteiger charge is 2.14. The van der Waals surface area contributed by atoms with Gasteiger partial charge in [-0.25, -0.2) is 0 Å². The van der Waals surface area contributed by atoms with E-state index in [0.717, 1.165) is 11.3 Å². The zero-order chi connectivity index (χ0) is 16.6. The van der Waals surface area contributed by atoms with Gasteiger partial charge in [0.05, 0.1) is 25.1 Å². The van der Waals surface area contributed by atoms with Gasteiger partial charge in [0.1, 0.15) is 17.2 Å². The number of nitrogens with zero attached hydrogens (tertiary/aromatic N) is 1. The van der Waals surface area contributed by atoms with E-state index in [0.29, 0.717) is 16.8 Å². The molecule has 118 valence electrons. The lowest BCUT2D eigenvalue weighted by Crippen LogP contribution is -2.10. The Bertz CT molecular complexity index is 926. The number of methoxy groups -OCH3 is 2. The molecule has 0 aliphatic rings. The molecule has 0 bridgehead atoms. The first-order chi connectivity index (χ1) is 11.0. The molecular formula is C18H17NO4. The van der Waals surface area contributed by atoms with Crippen molar-refractivity contribution < 1.29 is 14.6 Å². The van der Waals surface area contributed by atoms with Crippen LogP contribution in [0.4, 0.5) is 0 Å². The number of ether oxygens (including phenoxy) is 2. The van der Waals surface area contributed by atoms with E-state index in [1.807, 2.05) is 19.2 Å². The zero-order valence-corrected chi connectivity index (χ0v) is 13.2. The quantitative estimate of drug-likeness (QED) is 0.808. The van der Waals surface area contributed by atoms with Gasteiger partial charge in [0.15, 0.2) is 0 Å². The number of aromatic nitrogens is 1. The predicted octanol–water partition coefficient (Wildman–Crippen LogP) is 2.93. The summed E-state index contributed by atoms with van der Waals surface area (Å²) in [5.74, 6) is 1.14. The summed E-state index contributed by atoms with van der Waals surface area (Å²) in [5, 5.41) is 10.5. The third kappa shape index (κ3) is 2.50. The molecule has 0 spiro atoms. The molecule has 5 heteroatoms. The maximum absolute atomic E-state index is 12.8. The van der Waals surface area contributed by atoms with Gasteiger partial charge in [-0.2, -0.15) is 0 Å². The van der Waals surface area contributed by atoms with Crippen LogP contribution in [0.3, 0.4) is 0 Å². The standard InChI is InChI=1S/C18H17NO4/c1-19-10-14(11-4-6-12(22-2)7-5-11)18(21)17-15(19)8-13(23-3)9-16(17)20/h4-10,20H,1-3H3. The number of phenolic OH excluding ortho intramolecular Hbond substituents is 1. The maximum atomic E-state index is 12.8. The Labute approximate surface area is 133 Å². The van der Waals surface area contributed by atoms with E-state index in [1.165, 1.54) is 13.2 Å². The van der Waals surface area contributed by atoms with Crippen LogP contribution >= 0.6 is 0 Å². The molecule has 0 unspecified atom stereocenters. The SMILES string of the molecule is COc1ccc(-c2cn(C)c3cc(OC)cc(O)c3c2=O)cc1. The molecule has 0 aliphatic heterocycles. The highest BCUT2D eigenvalue weighted by molar-refractivity contribution is 5.90. The second kappa shape index (κ2) is 5.68. The van der Waals surface area contributed by atoms with E-state index >= 15 is 0 Å². The Hall–Kier alpha value is -2.95.